The minimum atomic E-state index is -0.430. The van der Waals surface area contributed by atoms with E-state index in [0.717, 1.165) is 19.4 Å². The van der Waals surface area contributed by atoms with Gasteiger partial charge in [0.2, 0.25) is 5.91 Å². The van der Waals surface area contributed by atoms with Crippen molar-refractivity contribution in [2.24, 2.45) is 0 Å². The smallest absolute Gasteiger partial charge is 0.236 e. The normalized spacial score (nSPS) is 18.5. The van der Waals surface area contributed by atoms with E-state index in [1.54, 1.807) is 24.1 Å². The third-order valence-corrected chi connectivity index (χ3v) is 4.11. The molecule has 0 aliphatic carbocycles. The number of hydrogen-bond donors (Lipinski definition) is 1. The lowest BCUT2D eigenvalue weighted by molar-refractivity contribution is -0.132. The highest BCUT2D eigenvalue weighted by Gasteiger charge is 2.26. The first-order chi connectivity index (χ1) is 10.5. The van der Waals surface area contributed by atoms with Gasteiger partial charge in [-0.2, -0.15) is 0 Å². The van der Waals surface area contributed by atoms with E-state index in [-0.39, 0.29) is 24.3 Å². The quantitative estimate of drug-likeness (QED) is 0.859. The number of aliphatic hydroxyl groups excluding tert-OH is 1. The van der Waals surface area contributed by atoms with Crippen molar-refractivity contribution in [3.63, 3.8) is 0 Å². The minimum absolute atomic E-state index is 0.0309. The van der Waals surface area contributed by atoms with Gasteiger partial charge in [-0.1, -0.05) is 6.07 Å². The van der Waals surface area contributed by atoms with Crippen LogP contribution in [0.25, 0.3) is 0 Å². The highest BCUT2D eigenvalue weighted by atomic mass is 19.1. The summed E-state index contributed by atoms with van der Waals surface area (Å²) in [7, 11) is 3.12. The molecule has 6 heteroatoms. The predicted molar refractivity (Wildman–Crippen MR) is 81.1 cm³/mol. The molecule has 0 unspecified atom stereocenters. The number of hydrogen-bond acceptors (Lipinski definition) is 4. The third-order valence-electron chi connectivity index (χ3n) is 4.11. The monoisotopic (exact) mass is 310 g/mol. The van der Waals surface area contributed by atoms with E-state index in [1.165, 1.54) is 13.2 Å². The van der Waals surface area contributed by atoms with Gasteiger partial charge in [0.05, 0.1) is 20.3 Å². The summed E-state index contributed by atoms with van der Waals surface area (Å²) < 4.78 is 18.5. The van der Waals surface area contributed by atoms with E-state index >= 15 is 0 Å². The zero-order valence-electron chi connectivity index (χ0n) is 13.1. The molecular formula is C16H23FN2O3. The lowest BCUT2D eigenvalue weighted by Crippen LogP contribution is -2.41. The fraction of sp³-hybridized carbons (Fsp3) is 0.562. The Morgan fingerprint density at radius 2 is 2.32 bits per heavy atom. The molecule has 0 radical (unpaired) electrons. The standard InChI is InChI=1S/C16H23FN2O3/c1-18(9-12-5-6-15(22-2)14(17)8-12)16(21)10-19-7-3-4-13(19)11-20/h5-6,8,13,20H,3-4,7,9-11H2,1-2H3/t13-/m0/s1. The van der Waals surface area contributed by atoms with Gasteiger partial charge in [0, 0.05) is 19.6 Å². The van der Waals surface area contributed by atoms with Gasteiger partial charge < -0.3 is 14.7 Å². The molecular weight excluding hydrogens is 287 g/mol. The van der Waals surface area contributed by atoms with Gasteiger partial charge in [-0.15, -0.1) is 0 Å². The van der Waals surface area contributed by atoms with Crippen molar-refractivity contribution in [3.8, 4) is 5.75 Å². The molecule has 2 rings (SSSR count). The number of amides is 1. The van der Waals surface area contributed by atoms with Crippen LogP contribution in [-0.4, -0.2) is 60.7 Å². The molecule has 1 aromatic carbocycles. The van der Waals surface area contributed by atoms with Crippen molar-refractivity contribution in [1.82, 2.24) is 9.80 Å². The van der Waals surface area contributed by atoms with Crippen LogP contribution >= 0.6 is 0 Å². The molecule has 1 aromatic rings. The molecule has 1 aliphatic rings. The second-order valence-electron chi connectivity index (χ2n) is 5.67. The maximum absolute atomic E-state index is 13.7. The maximum atomic E-state index is 13.7. The molecule has 1 atom stereocenters. The van der Waals surface area contributed by atoms with Gasteiger partial charge in [-0.25, -0.2) is 4.39 Å². The van der Waals surface area contributed by atoms with E-state index in [4.69, 9.17) is 4.74 Å². The second-order valence-corrected chi connectivity index (χ2v) is 5.67. The summed E-state index contributed by atoms with van der Waals surface area (Å²) in [5, 5.41) is 9.28. The van der Waals surface area contributed by atoms with Gasteiger partial charge in [-0.05, 0) is 37.1 Å². The highest BCUT2D eigenvalue weighted by Crippen LogP contribution is 2.19. The van der Waals surface area contributed by atoms with E-state index in [9.17, 15) is 14.3 Å². The van der Waals surface area contributed by atoms with Gasteiger partial charge in [0.1, 0.15) is 0 Å². The highest BCUT2D eigenvalue weighted by molar-refractivity contribution is 5.78. The Labute approximate surface area is 130 Å². The molecule has 1 saturated heterocycles. The average Bonchev–Trinajstić information content (AvgIpc) is 2.94. The van der Waals surface area contributed by atoms with Gasteiger partial charge in [0.25, 0.3) is 0 Å². The first-order valence-electron chi connectivity index (χ1n) is 7.46. The number of likely N-dealkylation sites (tertiary alicyclic amines) is 1. The molecule has 1 N–H and O–H groups in total. The molecule has 0 spiro atoms. The molecule has 1 amide bonds. The van der Waals surface area contributed by atoms with Crippen molar-refractivity contribution >= 4 is 5.91 Å². The SMILES string of the molecule is COc1ccc(CN(C)C(=O)CN2CCC[C@H]2CO)cc1F. The molecule has 0 saturated carbocycles. The summed E-state index contributed by atoms with van der Waals surface area (Å²) in [5.41, 5.74) is 0.717. The van der Waals surface area contributed by atoms with Crippen LogP contribution in [0.2, 0.25) is 0 Å². The van der Waals surface area contributed by atoms with E-state index in [2.05, 4.69) is 0 Å². The summed E-state index contributed by atoms with van der Waals surface area (Å²) in [6.45, 7) is 1.56. The van der Waals surface area contributed by atoms with Crippen LogP contribution in [0.4, 0.5) is 4.39 Å². The second kappa shape index (κ2) is 7.56. The number of rotatable bonds is 6. The number of halogens is 1. The summed E-state index contributed by atoms with van der Waals surface area (Å²) in [6, 6.07) is 4.77. The molecule has 1 aliphatic heterocycles. The van der Waals surface area contributed by atoms with Crippen LogP contribution in [0, 0.1) is 5.82 Å². The Balaban J connectivity index is 1.92. The number of benzene rings is 1. The first-order valence-corrected chi connectivity index (χ1v) is 7.46. The van der Waals surface area contributed by atoms with Gasteiger partial charge in [-0.3, -0.25) is 9.69 Å². The summed E-state index contributed by atoms with van der Waals surface area (Å²) in [6.07, 6.45) is 1.93. The minimum Gasteiger partial charge on any atom is -0.494 e. The number of likely N-dealkylation sites (N-methyl/N-ethyl adjacent to an activating group) is 1. The molecule has 22 heavy (non-hydrogen) atoms. The molecule has 1 fully saturated rings. The number of nitrogens with zero attached hydrogens (tertiary/aromatic N) is 2. The van der Waals surface area contributed by atoms with E-state index < -0.39 is 5.82 Å². The van der Waals surface area contributed by atoms with Crippen LogP contribution in [0.5, 0.6) is 5.75 Å². The summed E-state index contributed by atoms with van der Waals surface area (Å²) in [4.78, 5) is 15.8. The molecule has 1 heterocycles. The number of aliphatic hydroxyl groups is 1. The number of carbonyl (C=O) groups is 1. The van der Waals surface area contributed by atoms with Gasteiger partial charge in [0.15, 0.2) is 11.6 Å². The first kappa shape index (κ1) is 16.7. The molecule has 0 bridgehead atoms. The number of methoxy groups -OCH3 is 1. The Bertz CT molecular complexity index is 524. The van der Waals surface area contributed by atoms with E-state index in [1.807, 2.05) is 4.90 Å². The lowest BCUT2D eigenvalue weighted by Gasteiger charge is -2.25. The third kappa shape index (κ3) is 3.96. The van der Waals surface area contributed by atoms with Crippen molar-refractivity contribution in [2.75, 3.05) is 33.9 Å². The zero-order chi connectivity index (χ0) is 16.1. The van der Waals surface area contributed by atoms with Crippen LogP contribution in [0.1, 0.15) is 18.4 Å². The van der Waals surface area contributed by atoms with Crippen molar-refractivity contribution in [1.29, 1.82) is 0 Å². The maximum Gasteiger partial charge on any atom is 0.236 e. The Morgan fingerprint density at radius 3 is 2.95 bits per heavy atom. The molecule has 0 aromatic heterocycles. The van der Waals surface area contributed by atoms with Crippen LogP contribution in [-0.2, 0) is 11.3 Å². The fourth-order valence-corrected chi connectivity index (χ4v) is 2.77. The Kier molecular flexibility index (Phi) is 5.74. The van der Waals surface area contributed by atoms with E-state index in [0.29, 0.717) is 18.7 Å². The zero-order valence-corrected chi connectivity index (χ0v) is 13.1. The number of carbonyl (C=O) groups excluding carboxylic acids is 1. The molecule has 5 nitrogen and oxygen atoms in total. The Hall–Kier alpha value is -1.66. The Morgan fingerprint density at radius 1 is 1.55 bits per heavy atom. The predicted octanol–water partition coefficient (Wildman–Crippen LogP) is 1.25. The summed E-state index contributed by atoms with van der Waals surface area (Å²) >= 11 is 0. The topological polar surface area (TPSA) is 53.0 Å². The van der Waals surface area contributed by atoms with Crippen molar-refractivity contribution in [3.05, 3.63) is 29.6 Å². The van der Waals surface area contributed by atoms with Gasteiger partial charge >= 0.3 is 0 Å². The largest absolute Gasteiger partial charge is 0.494 e. The lowest BCUT2D eigenvalue weighted by atomic mass is 10.2. The fourth-order valence-electron chi connectivity index (χ4n) is 2.77. The molecule has 122 valence electrons. The van der Waals surface area contributed by atoms with Crippen molar-refractivity contribution < 1.29 is 19.0 Å². The summed E-state index contributed by atoms with van der Waals surface area (Å²) in [5.74, 6) is -0.266. The van der Waals surface area contributed by atoms with Crippen LogP contribution < -0.4 is 4.74 Å². The van der Waals surface area contributed by atoms with Crippen LogP contribution in [0.15, 0.2) is 18.2 Å². The van der Waals surface area contributed by atoms with Crippen LogP contribution in [0.3, 0.4) is 0 Å². The average molecular weight is 310 g/mol. The number of ether oxygens (including phenoxy) is 1. The van der Waals surface area contributed by atoms with Crippen molar-refractivity contribution in [2.45, 2.75) is 25.4 Å².